The van der Waals surface area contributed by atoms with Gasteiger partial charge < -0.3 is 0 Å². The summed E-state index contributed by atoms with van der Waals surface area (Å²) in [5.74, 6) is 0. The molecule has 0 spiro atoms. The van der Waals surface area contributed by atoms with Gasteiger partial charge in [0.1, 0.15) is 0 Å². The predicted molar refractivity (Wildman–Crippen MR) is 73.4 cm³/mol. The summed E-state index contributed by atoms with van der Waals surface area (Å²) >= 11 is 0. The third kappa shape index (κ3) is 4.99. The van der Waals surface area contributed by atoms with Crippen molar-refractivity contribution in [2.24, 2.45) is 0 Å². The van der Waals surface area contributed by atoms with Crippen molar-refractivity contribution in [3.8, 4) is 0 Å². The molecule has 0 radical (unpaired) electrons. The van der Waals surface area contributed by atoms with Crippen molar-refractivity contribution in [2.75, 3.05) is 0 Å². The lowest BCUT2D eigenvalue weighted by molar-refractivity contribution is 0.679. The molecule has 0 aliphatic rings. The average molecular weight is 239 g/mol. The van der Waals surface area contributed by atoms with E-state index in [-0.39, 0.29) is 20.3 Å². The summed E-state index contributed by atoms with van der Waals surface area (Å²) in [5.41, 5.74) is 0.884. The van der Waals surface area contributed by atoms with Crippen LogP contribution in [0, 0.1) is 0 Å². The molecule has 88 valence electrons. The van der Waals surface area contributed by atoms with Crippen molar-refractivity contribution in [3.63, 3.8) is 0 Å². The molecule has 0 aromatic heterocycles. The highest BCUT2D eigenvalue weighted by Crippen LogP contribution is 2.62. The van der Waals surface area contributed by atoms with Crippen LogP contribution in [0.15, 0.2) is 0 Å². The highest BCUT2D eigenvalue weighted by molar-refractivity contribution is 7.61. The second-order valence-electron chi connectivity index (χ2n) is 5.97. The lowest BCUT2D eigenvalue weighted by atomic mass is 10.2. The van der Waals surface area contributed by atoms with E-state index >= 15 is 0 Å². The summed E-state index contributed by atoms with van der Waals surface area (Å²) in [6.45, 7) is 19.1. The summed E-state index contributed by atoms with van der Waals surface area (Å²) in [4.78, 5) is 0. The predicted octanol–water partition coefficient (Wildman–Crippen LogP) is 5.29. The van der Waals surface area contributed by atoms with E-state index in [1.165, 1.54) is 6.42 Å². The first-order valence-corrected chi connectivity index (χ1v) is 6.81. The Morgan fingerprint density at radius 2 is 1.21 bits per heavy atom. The number of rotatable bonds is 2. The van der Waals surface area contributed by atoms with Gasteiger partial charge in [-0.15, -0.1) is 12.4 Å². The Labute approximate surface area is 98.4 Å². The molecule has 0 bridgehead atoms. The molecular formula is C12H28ClP. The molecule has 0 rings (SSSR count). The molecule has 1 atom stereocenters. The van der Waals surface area contributed by atoms with Crippen molar-refractivity contribution in [1.29, 1.82) is 0 Å². The minimum Gasteiger partial charge on any atom is -0.147 e. The maximum absolute atomic E-state index is 2.42. The fourth-order valence-corrected chi connectivity index (χ4v) is 7.53. The molecule has 0 heterocycles. The molecule has 0 aromatic rings. The number of hydrogen-bond donors (Lipinski definition) is 0. The van der Waals surface area contributed by atoms with Gasteiger partial charge >= 0.3 is 0 Å². The van der Waals surface area contributed by atoms with Crippen LogP contribution in [0.1, 0.15) is 61.8 Å². The molecule has 0 aliphatic heterocycles. The first kappa shape index (κ1) is 17.1. The van der Waals surface area contributed by atoms with Crippen LogP contribution in [0.2, 0.25) is 0 Å². The molecule has 2 heteroatoms. The third-order valence-corrected chi connectivity index (χ3v) is 6.61. The Morgan fingerprint density at radius 3 is 1.29 bits per heavy atom. The second kappa shape index (κ2) is 5.71. The molecule has 0 fully saturated rings. The van der Waals surface area contributed by atoms with Crippen LogP contribution in [0.3, 0.4) is 0 Å². The Balaban J connectivity index is 0. The molecule has 1 unspecified atom stereocenters. The van der Waals surface area contributed by atoms with Gasteiger partial charge in [-0.1, -0.05) is 63.3 Å². The quantitative estimate of drug-likeness (QED) is 0.574. The molecule has 0 saturated heterocycles. The van der Waals surface area contributed by atoms with Crippen LogP contribution in [-0.2, 0) is 0 Å². The highest BCUT2D eigenvalue weighted by atomic mass is 35.5. The van der Waals surface area contributed by atoms with Crippen LogP contribution in [0.25, 0.3) is 0 Å². The molecule has 0 amide bonds. The zero-order chi connectivity index (χ0) is 10.9. The van der Waals surface area contributed by atoms with Gasteiger partial charge in [0.15, 0.2) is 0 Å². The van der Waals surface area contributed by atoms with Gasteiger partial charge in [-0.25, -0.2) is 0 Å². The topological polar surface area (TPSA) is 0 Å². The Hall–Kier alpha value is 0.720. The Bertz CT molecular complexity index is 139. The van der Waals surface area contributed by atoms with Gasteiger partial charge in [0, 0.05) is 0 Å². The van der Waals surface area contributed by atoms with Crippen molar-refractivity contribution in [3.05, 3.63) is 0 Å². The molecular weight excluding hydrogens is 211 g/mol. The largest absolute Gasteiger partial charge is 0.147 e. The van der Waals surface area contributed by atoms with E-state index in [1.54, 1.807) is 0 Å². The summed E-state index contributed by atoms with van der Waals surface area (Å²) < 4.78 is 0. The van der Waals surface area contributed by atoms with E-state index in [0.29, 0.717) is 10.3 Å². The van der Waals surface area contributed by atoms with Gasteiger partial charge in [-0.2, -0.15) is 0 Å². The van der Waals surface area contributed by atoms with E-state index < -0.39 is 0 Å². The van der Waals surface area contributed by atoms with Crippen LogP contribution in [0.5, 0.6) is 0 Å². The van der Waals surface area contributed by atoms with Crippen molar-refractivity contribution in [2.45, 2.75) is 77.8 Å². The molecule has 0 aliphatic carbocycles. The summed E-state index contributed by atoms with van der Waals surface area (Å²) in [6.07, 6.45) is 1.32. The molecule has 0 aromatic carbocycles. The smallest absolute Gasteiger partial charge is 0.0172 e. The van der Waals surface area contributed by atoms with Crippen LogP contribution >= 0.6 is 20.3 Å². The average Bonchev–Trinajstić information content (AvgIpc) is 1.80. The van der Waals surface area contributed by atoms with Gasteiger partial charge in [0.2, 0.25) is 0 Å². The van der Waals surface area contributed by atoms with Crippen LogP contribution in [-0.4, -0.2) is 16.0 Å². The van der Waals surface area contributed by atoms with E-state index in [9.17, 15) is 0 Å². The first-order valence-electron chi connectivity index (χ1n) is 5.40. The molecule has 0 N–H and O–H groups in total. The Morgan fingerprint density at radius 1 is 0.929 bits per heavy atom. The SMILES string of the molecule is CCC(C)P(C(C)(C)C)C(C)(C)C.Cl. The van der Waals surface area contributed by atoms with E-state index in [1.807, 2.05) is 0 Å². The van der Waals surface area contributed by atoms with Crippen LogP contribution in [0.4, 0.5) is 0 Å². The van der Waals surface area contributed by atoms with E-state index in [4.69, 9.17) is 0 Å². The number of hydrogen-bond acceptors (Lipinski definition) is 0. The normalized spacial score (nSPS) is 15.2. The summed E-state index contributed by atoms with van der Waals surface area (Å²) in [7, 11) is 0.0959. The maximum Gasteiger partial charge on any atom is -0.0172 e. The fraction of sp³-hybridized carbons (Fsp3) is 1.00. The second-order valence-corrected chi connectivity index (χ2v) is 10.3. The standard InChI is InChI=1S/C12H27P.ClH/c1-9-10(2)13(11(3,4)5)12(6,7)8;/h10H,9H2,1-8H3;1H. The lowest BCUT2D eigenvalue weighted by Gasteiger charge is -2.45. The lowest BCUT2D eigenvalue weighted by Crippen LogP contribution is -2.30. The third-order valence-electron chi connectivity index (χ3n) is 2.48. The van der Waals surface area contributed by atoms with Gasteiger partial charge in [-0.05, 0) is 22.4 Å². The highest BCUT2D eigenvalue weighted by Gasteiger charge is 2.36. The minimum absolute atomic E-state index is 0. The molecule has 14 heavy (non-hydrogen) atoms. The van der Waals surface area contributed by atoms with Gasteiger partial charge in [-0.3, -0.25) is 0 Å². The zero-order valence-corrected chi connectivity index (χ0v) is 12.9. The van der Waals surface area contributed by atoms with Crippen molar-refractivity contribution < 1.29 is 0 Å². The van der Waals surface area contributed by atoms with E-state index in [0.717, 1.165) is 5.66 Å². The fourth-order valence-electron chi connectivity index (χ4n) is 2.51. The summed E-state index contributed by atoms with van der Waals surface area (Å²) in [6, 6.07) is 0. The minimum atomic E-state index is 0. The monoisotopic (exact) mass is 238 g/mol. The molecule has 0 saturated carbocycles. The van der Waals surface area contributed by atoms with Crippen molar-refractivity contribution >= 4 is 20.3 Å². The van der Waals surface area contributed by atoms with E-state index in [2.05, 4.69) is 55.4 Å². The van der Waals surface area contributed by atoms with Gasteiger partial charge in [0.05, 0.1) is 0 Å². The Kier molecular flexibility index (Phi) is 6.98. The molecule has 0 nitrogen and oxygen atoms in total. The van der Waals surface area contributed by atoms with Crippen LogP contribution < -0.4 is 0 Å². The number of halogens is 1. The van der Waals surface area contributed by atoms with Crippen molar-refractivity contribution in [1.82, 2.24) is 0 Å². The maximum atomic E-state index is 2.42. The zero-order valence-electron chi connectivity index (χ0n) is 11.1. The first-order chi connectivity index (χ1) is 5.60. The van der Waals surface area contributed by atoms with Gasteiger partial charge in [0.25, 0.3) is 0 Å². The summed E-state index contributed by atoms with van der Waals surface area (Å²) in [5, 5.41) is 0.978.